The van der Waals surface area contributed by atoms with E-state index in [0.717, 1.165) is 5.56 Å². The Kier molecular flexibility index (Phi) is 2.42. The van der Waals surface area contributed by atoms with Gasteiger partial charge in [0.15, 0.2) is 0 Å². The Morgan fingerprint density at radius 2 is 2.18 bits per heavy atom. The largest absolute Gasteiger partial charge is 0.207 e. The Morgan fingerprint density at radius 3 is 2.73 bits per heavy atom. The number of hydrogen-bond acceptors (Lipinski definition) is 0. The van der Waals surface area contributed by atoms with Crippen molar-refractivity contribution in [1.29, 1.82) is 0 Å². The molecular weight excluding hydrogens is 139 g/mol. The zero-order chi connectivity index (χ0) is 8.27. The van der Waals surface area contributed by atoms with Crippen molar-refractivity contribution in [3.05, 3.63) is 48.1 Å². The number of halogens is 1. The van der Waals surface area contributed by atoms with Gasteiger partial charge in [-0.2, -0.15) is 0 Å². The van der Waals surface area contributed by atoms with Crippen molar-refractivity contribution >= 4 is 6.08 Å². The number of rotatable bonds is 1. The molecule has 0 N–H and O–H groups in total. The lowest BCUT2D eigenvalue weighted by Gasteiger charge is -1.96. The van der Waals surface area contributed by atoms with Gasteiger partial charge in [-0.15, -0.1) is 0 Å². The highest BCUT2D eigenvalue weighted by Crippen LogP contribution is 2.09. The second-order valence-electron chi connectivity index (χ2n) is 2.41. The van der Waals surface area contributed by atoms with Crippen LogP contribution in [-0.4, -0.2) is 0 Å². The molecule has 0 aliphatic heterocycles. The highest BCUT2D eigenvalue weighted by Gasteiger charge is 1.94. The zero-order valence-corrected chi connectivity index (χ0v) is 6.47. The molecule has 0 heterocycles. The summed E-state index contributed by atoms with van der Waals surface area (Å²) in [5.41, 5.74) is 1.65. The van der Waals surface area contributed by atoms with Gasteiger partial charge < -0.3 is 0 Å². The lowest BCUT2D eigenvalue weighted by atomic mass is 10.1. The molecule has 57 valence electrons. The molecule has 0 amide bonds. The van der Waals surface area contributed by atoms with Crippen LogP contribution in [0.3, 0.4) is 0 Å². The predicted octanol–water partition coefficient (Wildman–Crippen LogP) is 2.98. The van der Waals surface area contributed by atoms with Crippen LogP contribution in [0.4, 0.5) is 4.39 Å². The van der Waals surface area contributed by atoms with Crippen LogP contribution < -0.4 is 0 Å². The molecule has 0 aromatic heterocycles. The summed E-state index contributed by atoms with van der Waals surface area (Å²) in [6, 6.07) is 4.98. The van der Waals surface area contributed by atoms with E-state index >= 15 is 0 Å². The first-order valence-corrected chi connectivity index (χ1v) is 3.46. The molecular formula is C10H10F. The summed E-state index contributed by atoms with van der Waals surface area (Å²) < 4.78 is 12.7. The molecule has 0 saturated heterocycles. The van der Waals surface area contributed by atoms with Crippen molar-refractivity contribution in [3.8, 4) is 0 Å². The second kappa shape index (κ2) is 3.33. The molecule has 0 bridgehead atoms. The van der Waals surface area contributed by atoms with E-state index in [4.69, 9.17) is 0 Å². The molecule has 1 rings (SSSR count). The first-order chi connectivity index (χ1) is 5.24. The third kappa shape index (κ3) is 1.90. The van der Waals surface area contributed by atoms with Crippen LogP contribution in [-0.2, 0) is 0 Å². The van der Waals surface area contributed by atoms with E-state index < -0.39 is 0 Å². The van der Waals surface area contributed by atoms with Crippen molar-refractivity contribution in [2.45, 2.75) is 6.92 Å². The summed E-state index contributed by atoms with van der Waals surface area (Å²) in [5.74, 6) is -0.161. The molecule has 0 unspecified atom stereocenters. The van der Waals surface area contributed by atoms with Gasteiger partial charge in [0.2, 0.25) is 0 Å². The Hall–Kier alpha value is -1.11. The van der Waals surface area contributed by atoms with Gasteiger partial charge in [-0.25, -0.2) is 4.39 Å². The lowest BCUT2D eigenvalue weighted by Crippen LogP contribution is -1.81. The summed E-state index contributed by atoms with van der Waals surface area (Å²) in [4.78, 5) is 0. The van der Waals surface area contributed by atoms with E-state index in [2.05, 4.69) is 6.92 Å². The normalized spacial score (nSPS) is 10.8. The quantitative estimate of drug-likeness (QED) is 0.575. The van der Waals surface area contributed by atoms with E-state index in [1.54, 1.807) is 25.1 Å². The third-order valence-corrected chi connectivity index (χ3v) is 1.49. The second-order valence-corrected chi connectivity index (χ2v) is 2.41. The highest BCUT2D eigenvalue weighted by molar-refractivity contribution is 5.50. The minimum Gasteiger partial charge on any atom is -0.207 e. The molecule has 0 fully saturated rings. The maximum absolute atomic E-state index is 12.7. The fourth-order valence-corrected chi connectivity index (χ4v) is 0.908. The number of allylic oxidation sites excluding steroid dienone is 1. The summed E-state index contributed by atoms with van der Waals surface area (Å²) >= 11 is 0. The van der Waals surface area contributed by atoms with Crippen LogP contribution in [0.15, 0.2) is 24.3 Å². The highest BCUT2D eigenvalue weighted by atomic mass is 19.1. The Balaban J connectivity index is 3.05. The maximum Gasteiger partial charge on any atom is 0.126 e. The summed E-state index contributed by atoms with van der Waals surface area (Å²) in [6.45, 7) is 5.30. The molecule has 0 nitrogen and oxygen atoms in total. The summed E-state index contributed by atoms with van der Waals surface area (Å²) in [6.07, 6.45) is 3.53. The van der Waals surface area contributed by atoms with Crippen LogP contribution in [0.2, 0.25) is 0 Å². The molecule has 0 spiro atoms. The zero-order valence-electron chi connectivity index (χ0n) is 6.47. The van der Waals surface area contributed by atoms with E-state index in [9.17, 15) is 4.39 Å². The van der Waals surface area contributed by atoms with Gasteiger partial charge in [0.1, 0.15) is 5.82 Å². The average Bonchev–Trinajstić information content (AvgIpc) is 1.98. The van der Waals surface area contributed by atoms with Gasteiger partial charge in [-0.05, 0) is 37.1 Å². The Labute approximate surface area is 66.4 Å². The summed E-state index contributed by atoms with van der Waals surface area (Å²) in [5, 5.41) is 0. The lowest BCUT2D eigenvalue weighted by molar-refractivity contribution is 0.618. The molecule has 11 heavy (non-hydrogen) atoms. The predicted molar refractivity (Wildman–Crippen MR) is 45.5 cm³/mol. The average molecular weight is 149 g/mol. The molecule has 1 heteroatoms. The molecule has 1 aromatic carbocycles. The van der Waals surface area contributed by atoms with Gasteiger partial charge in [0.25, 0.3) is 0 Å². The van der Waals surface area contributed by atoms with Gasteiger partial charge in [-0.1, -0.05) is 18.2 Å². The van der Waals surface area contributed by atoms with Crippen LogP contribution in [0.25, 0.3) is 6.08 Å². The van der Waals surface area contributed by atoms with Crippen LogP contribution in [0, 0.1) is 19.7 Å². The summed E-state index contributed by atoms with van der Waals surface area (Å²) in [7, 11) is 0. The fraction of sp³-hybridized carbons (Fsp3) is 0.100. The number of hydrogen-bond donors (Lipinski definition) is 0. The minimum atomic E-state index is -0.161. The van der Waals surface area contributed by atoms with Crippen molar-refractivity contribution in [3.63, 3.8) is 0 Å². The van der Waals surface area contributed by atoms with Crippen LogP contribution in [0.5, 0.6) is 0 Å². The smallest absolute Gasteiger partial charge is 0.126 e. The molecule has 0 aliphatic carbocycles. The Bertz CT molecular complexity index is 274. The monoisotopic (exact) mass is 149 g/mol. The van der Waals surface area contributed by atoms with E-state index in [1.165, 1.54) is 6.07 Å². The molecule has 0 saturated carbocycles. The first-order valence-electron chi connectivity index (χ1n) is 3.46. The van der Waals surface area contributed by atoms with Crippen molar-refractivity contribution < 1.29 is 4.39 Å². The van der Waals surface area contributed by atoms with Crippen molar-refractivity contribution in [2.75, 3.05) is 0 Å². The topological polar surface area (TPSA) is 0 Å². The molecule has 0 aliphatic rings. The molecule has 1 aromatic rings. The SMILES string of the molecule is [CH2]/C=C/c1ccc(F)c(C)c1. The van der Waals surface area contributed by atoms with Crippen molar-refractivity contribution in [2.24, 2.45) is 0 Å². The van der Waals surface area contributed by atoms with E-state index in [0.29, 0.717) is 5.56 Å². The fourth-order valence-electron chi connectivity index (χ4n) is 0.908. The van der Waals surface area contributed by atoms with Crippen molar-refractivity contribution in [1.82, 2.24) is 0 Å². The molecule has 0 atom stereocenters. The van der Waals surface area contributed by atoms with E-state index in [1.807, 2.05) is 6.08 Å². The Morgan fingerprint density at radius 1 is 1.45 bits per heavy atom. The van der Waals surface area contributed by atoms with Gasteiger partial charge >= 0.3 is 0 Å². The third-order valence-electron chi connectivity index (χ3n) is 1.49. The van der Waals surface area contributed by atoms with Crippen LogP contribution in [0.1, 0.15) is 11.1 Å². The maximum atomic E-state index is 12.7. The van der Waals surface area contributed by atoms with Gasteiger partial charge in [0.05, 0.1) is 0 Å². The standard InChI is InChI=1S/C10H10F/c1-3-4-9-5-6-10(11)8(2)7-9/h3-7H,1H2,2H3/b4-3+. The minimum absolute atomic E-state index is 0.161. The van der Waals surface area contributed by atoms with E-state index in [-0.39, 0.29) is 5.82 Å². The van der Waals surface area contributed by atoms with Gasteiger partial charge in [-0.3, -0.25) is 0 Å². The first kappa shape index (κ1) is 7.99. The van der Waals surface area contributed by atoms with Gasteiger partial charge in [0, 0.05) is 0 Å². The van der Waals surface area contributed by atoms with Crippen LogP contribution >= 0.6 is 0 Å². The molecule has 1 radical (unpaired) electrons. The number of benzene rings is 1. The number of aryl methyl sites for hydroxylation is 1.